The quantitative estimate of drug-likeness (QED) is 0.891. The zero-order chi connectivity index (χ0) is 11.5. The Labute approximate surface area is 96.4 Å². The Morgan fingerprint density at radius 2 is 2.06 bits per heavy atom. The van der Waals surface area contributed by atoms with Gasteiger partial charge in [0, 0.05) is 16.7 Å². The summed E-state index contributed by atoms with van der Waals surface area (Å²) in [6.07, 6.45) is -0.142. The third-order valence-electron chi connectivity index (χ3n) is 2.02. The number of hydrogen-bond donors (Lipinski definition) is 1. The molecule has 0 spiro atoms. The highest BCUT2D eigenvalue weighted by molar-refractivity contribution is 6.30. The molecule has 0 fully saturated rings. The van der Waals surface area contributed by atoms with Crippen LogP contribution in [0.2, 0.25) is 5.02 Å². The maximum atomic E-state index is 10.5. The van der Waals surface area contributed by atoms with Crippen LogP contribution in [0.5, 0.6) is 0 Å². The van der Waals surface area contributed by atoms with Crippen molar-refractivity contribution in [3.63, 3.8) is 0 Å². The molecule has 0 aliphatic rings. The zero-order valence-electron chi connectivity index (χ0n) is 8.18. The van der Waals surface area contributed by atoms with Gasteiger partial charge in [-0.1, -0.05) is 16.8 Å². The molecule has 4 nitrogen and oxygen atoms in total. The third kappa shape index (κ3) is 2.41. The predicted octanol–water partition coefficient (Wildman–Crippen LogP) is 2.62. The van der Waals surface area contributed by atoms with E-state index >= 15 is 0 Å². The lowest BCUT2D eigenvalue weighted by atomic mass is 10.1. The van der Waals surface area contributed by atoms with Crippen molar-refractivity contribution in [2.75, 3.05) is 0 Å². The minimum absolute atomic E-state index is 0.142. The normalized spacial score (nSPS) is 10.3. The molecule has 0 aliphatic heterocycles. The van der Waals surface area contributed by atoms with Crippen molar-refractivity contribution in [2.24, 2.45) is 0 Å². The molecule has 1 heterocycles. The maximum absolute atomic E-state index is 10.5. The molecule has 0 radical (unpaired) electrons. The first-order chi connectivity index (χ1) is 7.65. The van der Waals surface area contributed by atoms with Gasteiger partial charge in [-0.15, -0.1) is 0 Å². The molecule has 1 aromatic heterocycles. The Bertz CT molecular complexity index is 504. The standard InChI is InChI=1S/C11H8ClNO3/c12-8-3-1-7(2-4-8)10-5-9(13-16-10)6-11(14)15/h1-5H,6H2,(H,14,15). The molecule has 0 unspecified atom stereocenters. The number of carboxylic acid groups (broad SMARTS) is 1. The summed E-state index contributed by atoms with van der Waals surface area (Å²) in [5, 5.41) is 12.9. The largest absolute Gasteiger partial charge is 0.481 e. The van der Waals surface area contributed by atoms with Crippen molar-refractivity contribution >= 4 is 17.6 Å². The van der Waals surface area contributed by atoms with Gasteiger partial charge >= 0.3 is 5.97 Å². The van der Waals surface area contributed by atoms with Gasteiger partial charge in [-0.05, 0) is 24.3 Å². The monoisotopic (exact) mass is 237 g/mol. The molecule has 0 bridgehead atoms. The van der Waals surface area contributed by atoms with E-state index in [2.05, 4.69) is 5.16 Å². The summed E-state index contributed by atoms with van der Waals surface area (Å²) in [5.41, 5.74) is 1.21. The maximum Gasteiger partial charge on any atom is 0.309 e. The van der Waals surface area contributed by atoms with Crippen LogP contribution in [0.15, 0.2) is 34.9 Å². The van der Waals surface area contributed by atoms with Crippen molar-refractivity contribution < 1.29 is 14.4 Å². The van der Waals surface area contributed by atoms with Crippen LogP contribution >= 0.6 is 11.6 Å². The van der Waals surface area contributed by atoms with Gasteiger partial charge in [0.2, 0.25) is 0 Å². The lowest BCUT2D eigenvalue weighted by Crippen LogP contribution is -1.99. The number of benzene rings is 1. The van der Waals surface area contributed by atoms with E-state index in [0.29, 0.717) is 16.5 Å². The van der Waals surface area contributed by atoms with Gasteiger partial charge in [0.25, 0.3) is 0 Å². The number of halogens is 1. The Balaban J connectivity index is 2.24. The third-order valence-corrected chi connectivity index (χ3v) is 2.27. The summed E-state index contributed by atoms with van der Waals surface area (Å²) in [7, 11) is 0. The molecule has 1 aromatic carbocycles. The van der Waals surface area contributed by atoms with E-state index in [1.54, 1.807) is 30.3 Å². The number of hydrogen-bond acceptors (Lipinski definition) is 3. The van der Waals surface area contributed by atoms with Crippen molar-refractivity contribution in [3.05, 3.63) is 41.0 Å². The highest BCUT2D eigenvalue weighted by atomic mass is 35.5. The predicted molar refractivity (Wildman–Crippen MR) is 58.3 cm³/mol. The number of carboxylic acids is 1. The van der Waals surface area contributed by atoms with Crippen molar-refractivity contribution in [3.8, 4) is 11.3 Å². The topological polar surface area (TPSA) is 63.3 Å². The fraction of sp³-hybridized carbons (Fsp3) is 0.0909. The highest BCUT2D eigenvalue weighted by Crippen LogP contribution is 2.22. The number of carbonyl (C=O) groups is 1. The first kappa shape index (κ1) is 10.7. The van der Waals surface area contributed by atoms with Crippen LogP contribution in [0, 0.1) is 0 Å². The van der Waals surface area contributed by atoms with Crippen molar-refractivity contribution in [1.29, 1.82) is 0 Å². The highest BCUT2D eigenvalue weighted by Gasteiger charge is 2.09. The average molecular weight is 238 g/mol. The zero-order valence-corrected chi connectivity index (χ0v) is 8.94. The van der Waals surface area contributed by atoms with E-state index in [0.717, 1.165) is 5.56 Å². The molecule has 0 atom stereocenters. The van der Waals surface area contributed by atoms with E-state index in [1.165, 1.54) is 0 Å². The summed E-state index contributed by atoms with van der Waals surface area (Å²) in [6, 6.07) is 8.64. The lowest BCUT2D eigenvalue weighted by Gasteiger charge is -1.93. The molecular weight excluding hydrogens is 230 g/mol. The van der Waals surface area contributed by atoms with E-state index in [1.807, 2.05) is 0 Å². The van der Waals surface area contributed by atoms with E-state index in [9.17, 15) is 4.79 Å². The van der Waals surface area contributed by atoms with E-state index in [-0.39, 0.29) is 6.42 Å². The minimum Gasteiger partial charge on any atom is -0.481 e. The smallest absolute Gasteiger partial charge is 0.309 e. The second-order valence-electron chi connectivity index (χ2n) is 3.26. The van der Waals surface area contributed by atoms with Gasteiger partial charge < -0.3 is 9.63 Å². The number of rotatable bonds is 3. The van der Waals surface area contributed by atoms with Crippen LogP contribution in [0.4, 0.5) is 0 Å². The molecule has 0 aliphatic carbocycles. The van der Waals surface area contributed by atoms with Crippen molar-refractivity contribution in [1.82, 2.24) is 5.16 Å². The van der Waals surface area contributed by atoms with Gasteiger partial charge in [0.05, 0.1) is 12.1 Å². The molecule has 16 heavy (non-hydrogen) atoms. The van der Waals surface area contributed by atoms with Gasteiger partial charge in [0.1, 0.15) is 0 Å². The SMILES string of the molecule is O=C(O)Cc1cc(-c2ccc(Cl)cc2)on1. The molecule has 0 amide bonds. The first-order valence-electron chi connectivity index (χ1n) is 4.58. The molecule has 1 N–H and O–H groups in total. The fourth-order valence-electron chi connectivity index (χ4n) is 1.30. The Hall–Kier alpha value is -1.81. The van der Waals surface area contributed by atoms with E-state index < -0.39 is 5.97 Å². The van der Waals surface area contributed by atoms with Crippen LogP contribution in [-0.4, -0.2) is 16.2 Å². The Kier molecular flexibility index (Phi) is 2.92. The number of nitrogens with zero attached hydrogens (tertiary/aromatic N) is 1. The summed E-state index contributed by atoms with van der Waals surface area (Å²) >= 11 is 5.75. The van der Waals surface area contributed by atoms with Gasteiger partial charge in [0.15, 0.2) is 5.76 Å². The van der Waals surface area contributed by atoms with Crippen LogP contribution in [0.1, 0.15) is 5.69 Å². The van der Waals surface area contributed by atoms with Crippen LogP contribution < -0.4 is 0 Å². The molecule has 5 heteroatoms. The summed E-state index contributed by atoms with van der Waals surface area (Å²) in [6.45, 7) is 0. The Morgan fingerprint density at radius 3 is 2.69 bits per heavy atom. The molecule has 82 valence electrons. The summed E-state index contributed by atoms with van der Waals surface area (Å²) < 4.78 is 5.04. The lowest BCUT2D eigenvalue weighted by molar-refractivity contribution is -0.136. The second kappa shape index (κ2) is 4.37. The Morgan fingerprint density at radius 1 is 1.38 bits per heavy atom. The molecule has 0 saturated heterocycles. The second-order valence-corrected chi connectivity index (χ2v) is 3.70. The van der Waals surface area contributed by atoms with Crippen LogP contribution in [-0.2, 0) is 11.2 Å². The summed E-state index contributed by atoms with van der Waals surface area (Å²) in [5.74, 6) is -0.399. The van der Waals surface area contributed by atoms with Gasteiger partial charge in [-0.2, -0.15) is 0 Å². The molecule has 0 saturated carbocycles. The van der Waals surface area contributed by atoms with Crippen LogP contribution in [0.25, 0.3) is 11.3 Å². The van der Waals surface area contributed by atoms with Crippen LogP contribution in [0.3, 0.4) is 0 Å². The van der Waals surface area contributed by atoms with Gasteiger partial charge in [-0.3, -0.25) is 4.79 Å². The van der Waals surface area contributed by atoms with Crippen molar-refractivity contribution in [2.45, 2.75) is 6.42 Å². The number of aromatic nitrogens is 1. The minimum atomic E-state index is -0.934. The molecule has 2 aromatic rings. The van der Waals surface area contributed by atoms with Gasteiger partial charge in [-0.25, -0.2) is 0 Å². The average Bonchev–Trinajstić information content (AvgIpc) is 2.66. The number of aliphatic carboxylic acids is 1. The summed E-state index contributed by atoms with van der Waals surface area (Å²) in [4.78, 5) is 10.5. The molecule has 2 rings (SSSR count). The first-order valence-corrected chi connectivity index (χ1v) is 4.96. The van der Waals surface area contributed by atoms with E-state index in [4.69, 9.17) is 21.2 Å². The molecular formula is C11H8ClNO3. The fourth-order valence-corrected chi connectivity index (χ4v) is 1.43.